The van der Waals surface area contributed by atoms with Crippen molar-refractivity contribution in [2.45, 2.75) is 20.0 Å². The van der Waals surface area contributed by atoms with E-state index in [1.165, 1.54) is 0 Å². The van der Waals surface area contributed by atoms with Gasteiger partial charge >= 0.3 is 11.7 Å². The molecule has 6 heteroatoms. The van der Waals surface area contributed by atoms with Gasteiger partial charge in [-0.15, -0.1) is 0 Å². The predicted octanol–water partition coefficient (Wildman–Crippen LogP) is 1.35. The number of hydrogen-bond acceptors (Lipinski definition) is 4. The molecule has 0 aliphatic rings. The van der Waals surface area contributed by atoms with E-state index in [0.29, 0.717) is 17.9 Å². The molecule has 0 spiro atoms. The number of esters is 1. The molecule has 0 radical (unpaired) electrons. The van der Waals surface area contributed by atoms with Crippen molar-refractivity contribution in [1.29, 1.82) is 0 Å². The minimum absolute atomic E-state index is 0.123. The Kier molecular flexibility index (Phi) is 5.73. The summed E-state index contributed by atoms with van der Waals surface area (Å²) in [4.78, 5) is 14.4. The molecule has 0 bridgehead atoms. The molecule has 0 saturated heterocycles. The lowest BCUT2D eigenvalue weighted by atomic mass is 10.0. The summed E-state index contributed by atoms with van der Waals surface area (Å²) >= 11 is 0. The van der Waals surface area contributed by atoms with E-state index in [-0.39, 0.29) is 6.61 Å². The Hall–Kier alpha value is -2.17. The molecule has 0 fully saturated rings. The molecule has 1 aromatic carbocycles. The van der Waals surface area contributed by atoms with Crippen molar-refractivity contribution in [3.05, 3.63) is 35.4 Å². The third-order valence-electron chi connectivity index (χ3n) is 2.36. The second kappa shape index (κ2) is 7.31. The third-order valence-corrected chi connectivity index (χ3v) is 2.36. The highest BCUT2D eigenvalue weighted by Crippen LogP contribution is 2.25. The molecule has 6 nitrogen and oxygen atoms in total. The number of ether oxygens (including phenoxy) is 2. The number of benzene rings is 1. The molecule has 0 aliphatic carbocycles. The second-order valence-corrected chi connectivity index (χ2v) is 3.58. The van der Waals surface area contributed by atoms with Gasteiger partial charge in [-0.25, -0.2) is 4.79 Å². The number of aliphatic hydroxyl groups is 1. The summed E-state index contributed by atoms with van der Waals surface area (Å²) in [6, 6.07) is 6.66. The van der Waals surface area contributed by atoms with Crippen molar-refractivity contribution in [2.24, 2.45) is 0 Å². The van der Waals surface area contributed by atoms with E-state index in [4.69, 9.17) is 15.0 Å². The van der Waals surface area contributed by atoms with Gasteiger partial charge in [-0.2, -0.15) is 4.79 Å². The first-order chi connectivity index (χ1) is 9.15. The first kappa shape index (κ1) is 14.9. The number of carbonyl (C=O) groups is 1. The van der Waals surface area contributed by atoms with Crippen LogP contribution in [0.5, 0.6) is 5.75 Å². The van der Waals surface area contributed by atoms with Gasteiger partial charge in [0.25, 0.3) is 0 Å². The molecular formula is C13H16N2O4. The van der Waals surface area contributed by atoms with Crippen LogP contribution in [0.4, 0.5) is 0 Å². The van der Waals surface area contributed by atoms with Gasteiger partial charge in [0.2, 0.25) is 0 Å². The highest BCUT2D eigenvalue weighted by Gasteiger charge is 2.34. The van der Waals surface area contributed by atoms with Crippen LogP contribution in [0.3, 0.4) is 0 Å². The fourth-order valence-corrected chi connectivity index (χ4v) is 1.55. The SMILES string of the molecule is CCOC(=O)C(=[N+]=[N-])C(O)c1ccccc1OCC. The van der Waals surface area contributed by atoms with E-state index in [1.807, 2.05) is 0 Å². The number of hydrogen-bond donors (Lipinski definition) is 1. The Balaban J connectivity index is 3.08. The molecule has 0 aromatic heterocycles. The van der Waals surface area contributed by atoms with Gasteiger partial charge in [-0.05, 0) is 19.9 Å². The lowest BCUT2D eigenvalue weighted by Crippen LogP contribution is -2.26. The molecule has 0 heterocycles. The van der Waals surface area contributed by atoms with Gasteiger partial charge in [0.15, 0.2) is 6.10 Å². The van der Waals surface area contributed by atoms with Crippen molar-refractivity contribution in [3.63, 3.8) is 0 Å². The van der Waals surface area contributed by atoms with Crippen LogP contribution in [0.15, 0.2) is 24.3 Å². The number of para-hydroxylation sites is 1. The van der Waals surface area contributed by atoms with Crippen LogP contribution in [-0.2, 0) is 9.53 Å². The minimum Gasteiger partial charge on any atom is -0.493 e. The topological polar surface area (TPSA) is 92.2 Å². The number of carbonyl (C=O) groups excluding carboxylic acids is 1. The number of nitrogens with zero attached hydrogens (tertiary/aromatic N) is 2. The van der Waals surface area contributed by atoms with Crippen LogP contribution in [0.2, 0.25) is 0 Å². The maximum Gasteiger partial charge on any atom is 0.420 e. The molecule has 19 heavy (non-hydrogen) atoms. The van der Waals surface area contributed by atoms with Crippen LogP contribution in [0, 0.1) is 0 Å². The van der Waals surface area contributed by atoms with Crippen LogP contribution >= 0.6 is 0 Å². The normalized spacial score (nSPS) is 11.3. The predicted molar refractivity (Wildman–Crippen MR) is 67.8 cm³/mol. The Bertz CT molecular complexity index is 495. The zero-order chi connectivity index (χ0) is 14.3. The summed E-state index contributed by atoms with van der Waals surface area (Å²) in [5.74, 6) is -0.452. The molecule has 1 unspecified atom stereocenters. The fraction of sp³-hybridized carbons (Fsp3) is 0.385. The van der Waals surface area contributed by atoms with Crippen molar-refractivity contribution >= 4 is 11.7 Å². The lowest BCUT2D eigenvalue weighted by Gasteiger charge is -2.12. The molecule has 1 N–H and O–H groups in total. The Morgan fingerprint density at radius 2 is 2.05 bits per heavy atom. The van der Waals surface area contributed by atoms with E-state index < -0.39 is 17.8 Å². The quantitative estimate of drug-likeness (QED) is 0.363. The third kappa shape index (κ3) is 3.64. The molecular weight excluding hydrogens is 248 g/mol. The smallest absolute Gasteiger partial charge is 0.420 e. The van der Waals surface area contributed by atoms with Crippen molar-refractivity contribution < 1.29 is 24.2 Å². The van der Waals surface area contributed by atoms with E-state index >= 15 is 0 Å². The standard InChI is InChI=1S/C13H16N2O4/c1-3-18-10-8-6-5-7-9(10)12(16)11(15-14)13(17)19-4-2/h5-8,12,16H,3-4H2,1-2H3. The van der Waals surface area contributed by atoms with Crippen LogP contribution in [0.1, 0.15) is 25.5 Å². The summed E-state index contributed by atoms with van der Waals surface area (Å²) in [7, 11) is 0. The Labute approximate surface area is 111 Å². The largest absolute Gasteiger partial charge is 0.493 e. The maximum absolute atomic E-state index is 11.5. The second-order valence-electron chi connectivity index (χ2n) is 3.58. The molecule has 0 aliphatic heterocycles. The van der Waals surface area contributed by atoms with Crippen LogP contribution < -0.4 is 4.74 Å². The van der Waals surface area contributed by atoms with Gasteiger partial charge in [-0.1, -0.05) is 18.2 Å². The molecule has 1 aromatic rings. The van der Waals surface area contributed by atoms with Crippen molar-refractivity contribution in [2.75, 3.05) is 13.2 Å². The van der Waals surface area contributed by atoms with E-state index in [0.717, 1.165) is 0 Å². The average Bonchev–Trinajstić information content (AvgIpc) is 2.40. The summed E-state index contributed by atoms with van der Waals surface area (Å²) in [5, 5.41) is 10.1. The molecule has 0 saturated carbocycles. The zero-order valence-corrected chi connectivity index (χ0v) is 10.9. The summed E-state index contributed by atoms with van der Waals surface area (Å²) < 4.78 is 10.1. The summed E-state index contributed by atoms with van der Waals surface area (Å²) in [6.45, 7) is 3.95. The number of rotatable bonds is 6. The van der Waals surface area contributed by atoms with Crippen molar-refractivity contribution in [3.8, 4) is 5.75 Å². The van der Waals surface area contributed by atoms with E-state index in [2.05, 4.69) is 4.79 Å². The highest BCUT2D eigenvalue weighted by molar-refractivity contribution is 6.35. The van der Waals surface area contributed by atoms with Gasteiger partial charge in [0.1, 0.15) is 5.75 Å². The molecule has 102 valence electrons. The lowest BCUT2D eigenvalue weighted by molar-refractivity contribution is -0.141. The first-order valence-electron chi connectivity index (χ1n) is 5.94. The van der Waals surface area contributed by atoms with Gasteiger partial charge in [0, 0.05) is 5.56 Å². The monoisotopic (exact) mass is 264 g/mol. The van der Waals surface area contributed by atoms with Gasteiger partial charge in [0.05, 0.1) is 13.2 Å². The minimum atomic E-state index is -1.41. The summed E-state index contributed by atoms with van der Waals surface area (Å²) in [6.07, 6.45) is -1.41. The van der Waals surface area contributed by atoms with Crippen LogP contribution in [0.25, 0.3) is 5.53 Å². The van der Waals surface area contributed by atoms with Gasteiger partial charge in [-0.3, -0.25) is 0 Å². The first-order valence-corrected chi connectivity index (χ1v) is 5.94. The zero-order valence-electron chi connectivity index (χ0n) is 10.9. The van der Waals surface area contributed by atoms with Crippen LogP contribution in [-0.4, -0.2) is 34.8 Å². The van der Waals surface area contributed by atoms with Crippen molar-refractivity contribution in [1.82, 2.24) is 0 Å². The molecule has 1 rings (SSSR count). The number of aliphatic hydroxyl groups excluding tert-OH is 1. The highest BCUT2D eigenvalue weighted by atomic mass is 16.5. The van der Waals surface area contributed by atoms with E-state index in [9.17, 15) is 9.90 Å². The maximum atomic E-state index is 11.5. The van der Waals surface area contributed by atoms with Gasteiger partial charge < -0.3 is 20.1 Å². The fourth-order valence-electron chi connectivity index (χ4n) is 1.55. The van der Waals surface area contributed by atoms with E-state index in [1.54, 1.807) is 38.1 Å². The Morgan fingerprint density at radius 1 is 1.37 bits per heavy atom. The Morgan fingerprint density at radius 3 is 2.63 bits per heavy atom. The molecule has 1 atom stereocenters. The summed E-state index contributed by atoms with van der Waals surface area (Å²) in [5.41, 5.74) is 8.72. The molecule has 0 amide bonds. The average molecular weight is 264 g/mol.